The van der Waals surface area contributed by atoms with Crippen LogP contribution in [0, 0.1) is 0 Å². The largest absolute Gasteiger partial charge is 0.155 e. The maximum atomic E-state index is 4.31. The Bertz CT molecular complexity index is 616. The van der Waals surface area contributed by atoms with E-state index in [4.69, 9.17) is 0 Å². The zero-order chi connectivity index (χ0) is 14.5. The quantitative estimate of drug-likeness (QED) is 0.489. The summed E-state index contributed by atoms with van der Waals surface area (Å²) in [5.74, 6) is 0. The Morgan fingerprint density at radius 3 is 1.50 bits per heavy atom. The molecule has 2 nitrogen and oxygen atoms in total. The molecule has 0 aliphatic carbocycles. The van der Waals surface area contributed by atoms with Gasteiger partial charge in [0.25, 0.3) is 0 Å². The van der Waals surface area contributed by atoms with E-state index in [1.807, 2.05) is 62.4 Å². The molecule has 2 rings (SSSR count). The van der Waals surface area contributed by atoms with Crippen molar-refractivity contribution in [3.05, 3.63) is 68.6 Å². The molecule has 0 N–H and O–H groups in total. The molecule has 2 aromatic rings. The van der Waals surface area contributed by atoms with Gasteiger partial charge in [-0.2, -0.15) is 10.2 Å². The molecule has 0 aromatic heterocycles. The molecule has 0 aliphatic rings. The molecule has 0 fully saturated rings. The van der Waals surface area contributed by atoms with E-state index in [-0.39, 0.29) is 0 Å². The lowest BCUT2D eigenvalue weighted by Gasteiger charge is -2.01. The lowest BCUT2D eigenvalue weighted by atomic mass is 10.1. The van der Waals surface area contributed by atoms with Crippen molar-refractivity contribution in [1.82, 2.24) is 0 Å². The first-order valence-corrected chi connectivity index (χ1v) is 7.75. The van der Waals surface area contributed by atoms with Gasteiger partial charge in [-0.05, 0) is 49.2 Å². The molecule has 102 valence electrons. The summed E-state index contributed by atoms with van der Waals surface area (Å²) >= 11 is 6.92. The van der Waals surface area contributed by atoms with E-state index in [0.717, 1.165) is 31.5 Å². The second-order valence-corrected chi connectivity index (χ2v) is 6.22. The van der Waals surface area contributed by atoms with Gasteiger partial charge in [0.1, 0.15) is 0 Å². The molecule has 0 radical (unpaired) electrons. The number of nitrogens with zero attached hydrogens (tertiary/aromatic N) is 2. The Hall–Kier alpha value is -1.26. The van der Waals surface area contributed by atoms with Crippen molar-refractivity contribution in [3.63, 3.8) is 0 Å². The van der Waals surface area contributed by atoms with Crippen LogP contribution in [0.5, 0.6) is 0 Å². The Balaban J connectivity index is 2.24. The minimum absolute atomic E-state index is 0.889. The van der Waals surface area contributed by atoms with Crippen molar-refractivity contribution >= 4 is 43.3 Å². The van der Waals surface area contributed by atoms with Gasteiger partial charge in [0.05, 0.1) is 11.4 Å². The molecular formula is C16H14Br2N2. The number of hydrogen-bond donors (Lipinski definition) is 0. The average molecular weight is 394 g/mol. The Morgan fingerprint density at radius 1 is 0.750 bits per heavy atom. The first-order valence-electron chi connectivity index (χ1n) is 6.17. The van der Waals surface area contributed by atoms with Crippen molar-refractivity contribution in [3.8, 4) is 0 Å². The maximum Gasteiger partial charge on any atom is 0.0672 e. The zero-order valence-electron chi connectivity index (χ0n) is 11.3. The van der Waals surface area contributed by atoms with Crippen molar-refractivity contribution < 1.29 is 0 Å². The first-order chi connectivity index (χ1) is 9.56. The number of hydrogen-bond acceptors (Lipinski definition) is 2. The summed E-state index contributed by atoms with van der Waals surface area (Å²) in [6.45, 7) is 3.92. The van der Waals surface area contributed by atoms with Gasteiger partial charge < -0.3 is 0 Å². The highest BCUT2D eigenvalue weighted by atomic mass is 79.9. The lowest BCUT2D eigenvalue weighted by molar-refractivity contribution is 1.22. The van der Waals surface area contributed by atoms with Gasteiger partial charge in [-0.3, -0.25) is 0 Å². The molecule has 0 bridgehead atoms. The van der Waals surface area contributed by atoms with Crippen LogP contribution < -0.4 is 0 Å². The van der Waals surface area contributed by atoms with Crippen LogP contribution in [0.15, 0.2) is 67.7 Å². The summed E-state index contributed by atoms with van der Waals surface area (Å²) in [5.41, 5.74) is 3.90. The fourth-order valence-electron chi connectivity index (χ4n) is 1.69. The summed E-state index contributed by atoms with van der Waals surface area (Å²) < 4.78 is 2.08. The first kappa shape index (κ1) is 15.1. The van der Waals surface area contributed by atoms with E-state index in [0.29, 0.717) is 0 Å². The Kier molecular flexibility index (Phi) is 5.26. The fourth-order valence-corrected chi connectivity index (χ4v) is 2.49. The topological polar surface area (TPSA) is 24.7 Å². The molecule has 2 aromatic carbocycles. The standard InChI is InChI=1S/C16H14Br2N2/c1-11(13-5-3-7-15(17)9-13)19-20-12(2)14-6-4-8-16(18)10-14/h3-10H,1-2H3/b19-11-,20-12-. The zero-order valence-corrected chi connectivity index (χ0v) is 14.4. The minimum atomic E-state index is 0.889. The highest BCUT2D eigenvalue weighted by Gasteiger charge is 2.00. The van der Waals surface area contributed by atoms with E-state index < -0.39 is 0 Å². The predicted octanol–water partition coefficient (Wildman–Crippen LogP) is 5.44. The van der Waals surface area contributed by atoms with E-state index in [9.17, 15) is 0 Å². The van der Waals surface area contributed by atoms with Crippen LogP contribution >= 0.6 is 31.9 Å². The predicted molar refractivity (Wildman–Crippen MR) is 92.7 cm³/mol. The van der Waals surface area contributed by atoms with Crippen LogP contribution in [0.3, 0.4) is 0 Å². The van der Waals surface area contributed by atoms with Gasteiger partial charge in [0.2, 0.25) is 0 Å². The van der Waals surface area contributed by atoms with E-state index in [2.05, 4.69) is 42.1 Å². The summed E-state index contributed by atoms with van der Waals surface area (Å²) in [7, 11) is 0. The fraction of sp³-hybridized carbons (Fsp3) is 0.125. The van der Waals surface area contributed by atoms with E-state index in [1.165, 1.54) is 0 Å². The summed E-state index contributed by atoms with van der Waals surface area (Å²) in [5, 5.41) is 8.62. The van der Waals surface area contributed by atoms with Crippen LogP contribution in [0.1, 0.15) is 25.0 Å². The highest BCUT2D eigenvalue weighted by molar-refractivity contribution is 9.10. The molecule has 0 aliphatic heterocycles. The lowest BCUT2D eigenvalue weighted by Crippen LogP contribution is -1.97. The molecule has 0 saturated carbocycles. The van der Waals surface area contributed by atoms with Gasteiger partial charge in [-0.1, -0.05) is 56.1 Å². The summed E-state index contributed by atoms with van der Waals surface area (Å²) in [4.78, 5) is 0. The molecule has 0 unspecified atom stereocenters. The van der Waals surface area contributed by atoms with Crippen LogP contribution in [-0.2, 0) is 0 Å². The monoisotopic (exact) mass is 392 g/mol. The van der Waals surface area contributed by atoms with Crippen LogP contribution in [0.2, 0.25) is 0 Å². The van der Waals surface area contributed by atoms with Crippen molar-refractivity contribution in [2.24, 2.45) is 10.2 Å². The summed E-state index contributed by atoms with van der Waals surface area (Å²) in [6.07, 6.45) is 0. The third-order valence-electron chi connectivity index (χ3n) is 2.83. The third-order valence-corrected chi connectivity index (χ3v) is 3.82. The van der Waals surface area contributed by atoms with Gasteiger partial charge in [-0.25, -0.2) is 0 Å². The molecule has 0 heterocycles. The van der Waals surface area contributed by atoms with Crippen molar-refractivity contribution in [2.45, 2.75) is 13.8 Å². The van der Waals surface area contributed by atoms with Gasteiger partial charge in [0.15, 0.2) is 0 Å². The van der Waals surface area contributed by atoms with Crippen LogP contribution in [0.4, 0.5) is 0 Å². The molecule has 20 heavy (non-hydrogen) atoms. The molecule has 0 atom stereocenters. The number of benzene rings is 2. The van der Waals surface area contributed by atoms with E-state index >= 15 is 0 Å². The Labute approximate surface area is 135 Å². The Morgan fingerprint density at radius 2 is 1.15 bits per heavy atom. The van der Waals surface area contributed by atoms with Crippen molar-refractivity contribution in [1.29, 1.82) is 0 Å². The van der Waals surface area contributed by atoms with Crippen LogP contribution in [0.25, 0.3) is 0 Å². The summed E-state index contributed by atoms with van der Waals surface area (Å²) in [6, 6.07) is 16.1. The minimum Gasteiger partial charge on any atom is -0.155 e. The number of halogens is 2. The normalized spacial score (nSPS) is 12.6. The van der Waals surface area contributed by atoms with Gasteiger partial charge in [0, 0.05) is 8.95 Å². The van der Waals surface area contributed by atoms with Crippen LogP contribution in [-0.4, -0.2) is 11.4 Å². The molecule has 4 heteroatoms. The van der Waals surface area contributed by atoms with Gasteiger partial charge >= 0.3 is 0 Å². The average Bonchev–Trinajstić information content (AvgIpc) is 2.44. The molecule has 0 spiro atoms. The second-order valence-electron chi connectivity index (χ2n) is 4.39. The van der Waals surface area contributed by atoms with E-state index in [1.54, 1.807) is 0 Å². The molecule has 0 saturated heterocycles. The smallest absolute Gasteiger partial charge is 0.0672 e. The second kappa shape index (κ2) is 6.95. The molecule has 0 amide bonds. The SMILES string of the molecule is C/C(=N/N=C(/C)c1cccc(Br)c1)c1cccc(Br)c1. The third kappa shape index (κ3) is 4.12. The maximum absolute atomic E-state index is 4.31. The number of rotatable bonds is 3. The molecular weight excluding hydrogens is 380 g/mol. The van der Waals surface area contributed by atoms with Crippen molar-refractivity contribution in [2.75, 3.05) is 0 Å². The van der Waals surface area contributed by atoms with Gasteiger partial charge in [-0.15, -0.1) is 0 Å². The highest BCUT2D eigenvalue weighted by Crippen LogP contribution is 2.14.